The zero-order chi connectivity index (χ0) is 47.3. The second kappa shape index (κ2) is 17.4. The third-order valence-corrected chi connectivity index (χ3v) is 12.7. The number of methoxy groups -OCH3 is 2. The Morgan fingerprint density at radius 3 is 1.64 bits per heavy atom. The Labute approximate surface area is 385 Å². The minimum absolute atomic E-state index is 0.0376. The molecule has 342 valence electrons. The summed E-state index contributed by atoms with van der Waals surface area (Å²) in [5, 5.41) is 37.0. The number of phenolic OH excluding ortho intramolecular Hbond substituents is 2. The average Bonchev–Trinajstić information content (AvgIpc) is 3.32. The Kier molecular flexibility index (Phi) is 11.7. The molecule has 9 rings (SSSR count). The van der Waals surface area contributed by atoms with Gasteiger partial charge in [-0.1, -0.05) is 54.6 Å². The summed E-state index contributed by atoms with van der Waals surface area (Å²) < 4.78 is 17.2. The number of likely N-dealkylation sites (tertiary alicyclic amines) is 2. The van der Waals surface area contributed by atoms with Crippen LogP contribution in [0.2, 0.25) is 0 Å². The van der Waals surface area contributed by atoms with Crippen molar-refractivity contribution in [3.8, 4) is 11.5 Å². The number of aromatic nitrogens is 5. The quantitative estimate of drug-likeness (QED) is 0.0999. The van der Waals surface area contributed by atoms with Crippen LogP contribution in [0.1, 0.15) is 77.9 Å². The van der Waals surface area contributed by atoms with Gasteiger partial charge in [-0.05, 0) is 81.4 Å². The van der Waals surface area contributed by atoms with Crippen molar-refractivity contribution in [3.05, 3.63) is 162 Å². The number of para-hydroxylation sites is 2. The number of ether oxygens (including phenoxy) is 3. The number of carbonyl (C=O) groups is 3. The molecule has 7 aromatic rings. The van der Waals surface area contributed by atoms with Crippen LogP contribution >= 0.6 is 0 Å². The van der Waals surface area contributed by atoms with E-state index in [-0.39, 0.29) is 36.8 Å². The van der Waals surface area contributed by atoms with Crippen molar-refractivity contribution in [3.63, 3.8) is 0 Å². The van der Waals surface area contributed by atoms with Gasteiger partial charge in [0.25, 0.3) is 0 Å². The zero-order valence-corrected chi connectivity index (χ0v) is 37.5. The highest BCUT2D eigenvalue weighted by atomic mass is 16.6. The predicted molar refractivity (Wildman–Crippen MR) is 244 cm³/mol. The van der Waals surface area contributed by atoms with Gasteiger partial charge >= 0.3 is 17.9 Å². The summed E-state index contributed by atoms with van der Waals surface area (Å²) in [4.78, 5) is 72.3. The first-order valence-electron chi connectivity index (χ1n) is 21.7. The van der Waals surface area contributed by atoms with Gasteiger partial charge in [0.15, 0.2) is 0 Å². The van der Waals surface area contributed by atoms with Crippen LogP contribution in [-0.4, -0.2) is 107 Å². The number of pyridine rings is 5. The summed E-state index contributed by atoms with van der Waals surface area (Å²) in [7, 11) is 2.44. The number of esters is 3. The molecule has 2 aromatic carbocycles. The number of benzene rings is 2. The number of fused-ring (bicyclic) bond motifs is 4. The van der Waals surface area contributed by atoms with Crippen molar-refractivity contribution < 1.29 is 43.9 Å². The van der Waals surface area contributed by atoms with E-state index < -0.39 is 58.6 Å². The number of aromatic hydroxyl groups is 2. The lowest BCUT2D eigenvalue weighted by molar-refractivity contribution is -0.257. The number of carbonyl (C=O) groups excluding carboxylic acids is 3. The van der Waals surface area contributed by atoms with Gasteiger partial charge in [-0.15, -0.1) is 0 Å². The topological polar surface area (TPSA) is 211 Å². The summed E-state index contributed by atoms with van der Waals surface area (Å²) in [6.07, 6.45) is 1.32. The molecule has 67 heavy (non-hydrogen) atoms. The van der Waals surface area contributed by atoms with Crippen LogP contribution in [0, 0.1) is 10.8 Å². The minimum Gasteiger partial charge on any atom is -0.506 e. The Morgan fingerprint density at radius 1 is 0.672 bits per heavy atom. The van der Waals surface area contributed by atoms with E-state index in [0.29, 0.717) is 50.3 Å². The Balaban J connectivity index is 1.34. The van der Waals surface area contributed by atoms with E-state index in [2.05, 4.69) is 0 Å². The molecule has 7 heterocycles. The van der Waals surface area contributed by atoms with E-state index in [4.69, 9.17) is 39.1 Å². The van der Waals surface area contributed by atoms with Crippen LogP contribution in [0.25, 0.3) is 21.8 Å². The lowest BCUT2D eigenvalue weighted by atomic mass is 9.53. The first-order valence-corrected chi connectivity index (χ1v) is 21.7. The van der Waals surface area contributed by atoms with E-state index in [1.807, 2.05) is 34.1 Å². The van der Waals surface area contributed by atoms with Gasteiger partial charge in [-0.2, -0.15) is 0 Å². The van der Waals surface area contributed by atoms with Gasteiger partial charge in [0, 0.05) is 42.8 Å². The number of hydrogen-bond donors (Lipinski definition) is 3. The van der Waals surface area contributed by atoms with Crippen molar-refractivity contribution in [1.82, 2.24) is 34.7 Å². The van der Waals surface area contributed by atoms with Gasteiger partial charge in [0.2, 0.25) is 0 Å². The highest BCUT2D eigenvalue weighted by Gasteiger charge is 2.76. The molecule has 4 unspecified atom stereocenters. The molecule has 0 saturated carbocycles. The number of phenols is 2. The van der Waals surface area contributed by atoms with E-state index in [9.17, 15) is 20.1 Å². The number of rotatable bonds is 10. The second-order valence-electron chi connectivity index (χ2n) is 17.9. The molecule has 0 radical (unpaired) electrons. The molecule has 2 bridgehead atoms. The van der Waals surface area contributed by atoms with Gasteiger partial charge in [0.1, 0.15) is 44.7 Å². The van der Waals surface area contributed by atoms with E-state index in [0.717, 1.165) is 0 Å². The fourth-order valence-electron chi connectivity index (χ4n) is 10.2. The van der Waals surface area contributed by atoms with Crippen LogP contribution in [0.5, 0.6) is 11.5 Å². The minimum atomic E-state index is -2.07. The van der Waals surface area contributed by atoms with Crippen molar-refractivity contribution in [2.75, 3.05) is 27.3 Å². The van der Waals surface area contributed by atoms with Crippen molar-refractivity contribution in [2.45, 2.75) is 57.1 Å². The number of hydrogen-bond acceptors (Lipinski definition) is 16. The highest BCUT2D eigenvalue weighted by molar-refractivity contribution is 5.88. The molecule has 3 N–H and O–H groups in total. The standard InChI is InChI=1S/C51H49N7O9/c1-49(2,3)67-45(61)37-18-12-15-32(54-37)27-58-43(35-16-6-8-25-52-35)50(47(63)65-4)28-57(29-51(46(50)62,48(64)66-5)44(58)36-17-7-9-26-53-36)42(33-23-21-30-13-10-19-38(59)40(30)55-33)34-24-22-31-14-11-20-39(60)41(31)56-34/h6-26,42-44,46,59-60,62H,27-29H2,1-5H3. The highest BCUT2D eigenvalue weighted by Crippen LogP contribution is 2.64. The van der Waals surface area contributed by atoms with Crippen molar-refractivity contribution in [2.24, 2.45) is 10.8 Å². The summed E-state index contributed by atoms with van der Waals surface area (Å²) in [5.74, 6) is -2.51. The molecular weight excluding hydrogens is 855 g/mol. The van der Waals surface area contributed by atoms with Gasteiger partial charge in [-0.3, -0.25) is 29.4 Å². The number of nitrogens with zero attached hydrogens (tertiary/aromatic N) is 7. The molecule has 5 aromatic heterocycles. The smallest absolute Gasteiger partial charge is 0.357 e. The second-order valence-corrected chi connectivity index (χ2v) is 17.9. The third-order valence-electron chi connectivity index (χ3n) is 12.7. The van der Waals surface area contributed by atoms with Crippen LogP contribution < -0.4 is 0 Å². The summed E-state index contributed by atoms with van der Waals surface area (Å²) in [5.41, 5.74) is -2.53. The summed E-state index contributed by atoms with van der Waals surface area (Å²) in [6.45, 7) is 4.59. The molecule has 0 spiro atoms. The van der Waals surface area contributed by atoms with Gasteiger partial charge in [-0.25, -0.2) is 19.7 Å². The van der Waals surface area contributed by atoms with E-state index >= 15 is 9.59 Å². The number of piperidine rings is 2. The van der Waals surface area contributed by atoms with E-state index in [1.54, 1.807) is 112 Å². The molecule has 2 aliphatic rings. The van der Waals surface area contributed by atoms with Crippen LogP contribution in [-0.2, 0) is 30.3 Å². The maximum Gasteiger partial charge on any atom is 0.357 e. The zero-order valence-electron chi connectivity index (χ0n) is 37.5. The van der Waals surface area contributed by atoms with Crippen molar-refractivity contribution in [1.29, 1.82) is 0 Å². The fourth-order valence-corrected chi connectivity index (χ4v) is 10.2. The van der Waals surface area contributed by atoms with E-state index in [1.165, 1.54) is 26.4 Å². The fraction of sp³-hybridized carbons (Fsp3) is 0.294. The summed E-state index contributed by atoms with van der Waals surface area (Å²) in [6, 6.07) is 29.3. The lowest BCUT2D eigenvalue weighted by Crippen LogP contribution is -2.77. The number of aliphatic hydroxyl groups excluding tert-OH is 1. The Bertz CT molecular complexity index is 2850. The molecule has 2 saturated heterocycles. The van der Waals surface area contributed by atoms with Gasteiger partial charge in [0.05, 0.1) is 66.9 Å². The predicted octanol–water partition coefficient (Wildman–Crippen LogP) is 6.42. The van der Waals surface area contributed by atoms with Crippen LogP contribution in [0.15, 0.2) is 128 Å². The average molecular weight is 904 g/mol. The lowest BCUT2D eigenvalue weighted by Gasteiger charge is -2.65. The first kappa shape index (κ1) is 44.8. The molecule has 4 atom stereocenters. The van der Waals surface area contributed by atoms with Crippen LogP contribution in [0.3, 0.4) is 0 Å². The Hall–Kier alpha value is -7.40. The molecule has 0 aliphatic carbocycles. The maximum absolute atomic E-state index is 15.3. The van der Waals surface area contributed by atoms with Crippen LogP contribution in [0.4, 0.5) is 0 Å². The Morgan fingerprint density at radius 2 is 1.18 bits per heavy atom. The van der Waals surface area contributed by atoms with Gasteiger partial charge < -0.3 is 29.5 Å². The molecule has 16 nitrogen and oxygen atoms in total. The molecule has 2 aliphatic heterocycles. The molecular formula is C51H49N7O9. The number of aliphatic hydroxyl groups is 1. The summed E-state index contributed by atoms with van der Waals surface area (Å²) >= 11 is 0. The molecule has 0 amide bonds. The monoisotopic (exact) mass is 903 g/mol. The third kappa shape index (κ3) is 7.75. The SMILES string of the molecule is COC(=O)C12CN(C(c3ccc4cccc(O)c4n3)c3ccc4cccc(O)c4n3)CC(C(=O)OC)(C(c3ccccn3)N(Cc3cccc(C(=O)OC(C)(C)C)n3)C1c1ccccn1)C2O. The maximum atomic E-state index is 15.3. The normalized spacial score (nSPS) is 22.1. The molecule has 16 heteroatoms. The largest absolute Gasteiger partial charge is 0.506 e. The van der Waals surface area contributed by atoms with Crippen molar-refractivity contribution >= 4 is 39.7 Å². The first-order chi connectivity index (χ1) is 32.2. The molecule has 2 fully saturated rings.